The summed E-state index contributed by atoms with van der Waals surface area (Å²) in [6.07, 6.45) is 0. The first-order valence-corrected chi connectivity index (χ1v) is 4.99. The van der Waals surface area contributed by atoms with Crippen molar-refractivity contribution in [2.45, 2.75) is 0 Å². The van der Waals surface area contributed by atoms with Crippen LogP contribution in [-0.2, 0) is 0 Å². The topological polar surface area (TPSA) is 17.1 Å². The van der Waals surface area contributed by atoms with E-state index in [9.17, 15) is 4.79 Å². The molecule has 0 atom stereocenters. The van der Waals surface area contributed by atoms with Gasteiger partial charge in [-0.1, -0.05) is 34.2 Å². The third-order valence-electron chi connectivity index (χ3n) is 1.29. The second-order valence-electron chi connectivity index (χ2n) is 2.06. The molecule has 0 saturated heterocycles. The summed E-state index contributed by atoms with van der Waals surface area (Å²) in [5, 5.41) is 0.662. The first kappa shape index (κ1) is 9.00. The Morgan fingerprint density at radius 1 is 1.36 bits per heavy atom. The van der Waals surface area contributed by atoms with Crippen LogP contribution in [0.3, 0.4) is 0 Å². The Balaban J connectivity index is 2.90. The lowest BCUT2D eigenvalue weighted by molar-refractivity contribution is 0.102. The van der Waals surface area contributed by atoms with Crippen molar-refractivity contribution in [2.24, 2.45) is 0 Å². The summed E-state index contributed by atoms with van der Waals surface area (Å²) in [6.45, 7) is 0. The van der Waals surface area contributed by atoms with Gasteiger partial charge in [-0.25, -0.2) is 0 Å². The van der Waals surface area contributed by atoms with Gasteiger partial charge >= 0.3 is 0 Å². The summed E-state index contributed by atoms with van der Waals surface area (Å²) in [7, 11) is 0. The van der Waals surface area contributed by atoms with Crippen LogP contribution in [0.2, 0.25) is 5.02 Å². The number of alkyl halides is 1. The van der Waals surface area contributed by atoms with Gasteiger partial charge < -0.3 is 0 Å². The van der Waals surface area contributed by atoms with Crippen molar-refractivity contribution >= 4 is 40.0 Å². The molecule has 0 fully saturated rings. The average Bonchev–Trinajstić information content (AvgIpc) is 2.05. The summed E-state index contributed by atoms with van der Waals surface area (Å²) >= 11 is 7.69. The highest BCUT2D eigenvalue weighted by molar-refractivity contribution is 14.1. The van der Waals surface area contributed by atoms with Crippen LogP contribution in [0, 0.1) is 0 Å². The molecular weight excluding hydrogens is 274 g/mol. The van der Waals surface area contributed by atoms with Crippen LogP contribution >= 0.6 is 34.2 Å². The first-order chi connectivity index (χ1) is 5.24. The lowest BCUT2D eigenvalue weighted by atomic mass is 10.2. The fourth-order valence-electron chi connectivity index (χ4n) is 0.713. The summed E-state index contributed by atoms with van der Waals surface area (Å²) in [5.74, 6) is 0.141. The Labute approximate surface area is 83.9 Å². The minimum Gasteiger partial charge on any atom is -0.293 e. The molecule has 11 heavy (non-hydrogen) atoms. The van der Waals surface area contributed by atoms with Crippen molar-refractivity contribution in [3.8, 4) is 0 Å². The highest BCUT2D eigenvalue weighted by Crippen LogP contribution is 2.10. The molecule has 0 aliphatic heterocycles. The second-order valence-corrected chi connectivity index (χ2v) is 3.26. The number of Topliss-reactive ketones (excluding diaryl/α,β-unsaturated/α-hetero) is 1. The number of hydrogen-bond acceptors (Lipinski definition) is 1. The highest BCUT2D eigenvalue weighted by Gasteiger charge is 2.01. The maximum atomic E-state index is 11.1. The molecule has 1 nitrogen and oxygen atoms in total. The van der Waals surface area contributed by atoms with E-state index >= 15 is 0 Å². The summed E-state index contributed by atoms with van der Waals surface area (Å²) in [6, 6.07) is 6.93. The largest absolute Gasteiger partial charge is 0.293 e. The maximum Gasteiger partial charge on any atom is 0.172 e. The van der Waals surface area contributed by atoms with Crippen molar-refractivity contribution < 1.29 is 4.79 Å². The van der Waals surface area contributed by atoms with Crippen LogP contribution in [0.4, 0.5) is 0 Å². The normalized spacial score (nSPS) is 9.64. The minimum atomic E-state index is 0.141. The van der Waals surface area contributed by atoms with E-state index in [1.54, 1.807) is 24.3 Å². The van der Waals surface area contributed by atoms with E-state index in [4.69, 9.17) is 11.6 Å². The average molecular weight is 280 g/mol. The zero-order valence-corrected chi connectivity index (χ0v) is 8.59. The third kappa shape index (κ3) is 2.45. The van der Waals surface area contributed by atoms with E-state index < -0.39 is 0 Å². The lowest BCUT2D eigenvalue weighted by Crippen LogP contribution is -1.98. The summed E-state index contributed by atoms with van der Waals surface area (Å²) in [5.41, 5.74) is 0.726. The van der Waals surface area contributed by atoms with E-state index in [0.29, 0.717) is 9.45 Å². The van der Waals surface area contributed by atoms with Gasteiger partial charge in [0, 0.05) is 10.6 Å². The SMILES string of the molecule is O=C(CI)c1ccc(Cl)cc1. The molecular formula is C8H6ClIO. The Morgan fingerprint density at radius 2 is 1.91 bits per heavy atom. The zero-order chi connectivity index (χ0) is 8.27. The van der Waals surface area contributed by atoms with Crippen LogP contribution < -0.4 is 0 Å². The molecule has 0 N–H and O–H groups in total. The number of carbonyl (C=O) groups is 1. The number of halogens is 2. The van der Waals surface area contributed by atoms with Crippen LogP contribution in [0.5, 0.6) is 0 Å². The molecule has 0 saturated carbocycles. The maximum absolute atomic E-state index is 11.1. The smallest absolute Gasteiger partial charge is 0.172 e. The molecule has 1 aromatic carbocycles. The van der Waals surface area contributed by atoms with Crippen molar-refractivity contribution in [1.29, 1.82) is 0 Å². The molecule has 1 aromatic rings. The van der Waals surface area contributed by atoms with Gasteiger partial charge in [0.05, 0.1) is 4.43 Å². The fraction of sp³-hybridized carbons (Fsp3) is 0.125. The number of carbonyl (C=O) groups excluding carboxylic acids is 1. The van der Waals surface area contributed by atoms with Gasteiger partial charge in [0.2, 0.25) is 0 Å². The standard InChI is InChI=1S/C8H6ClIO/c9-7-3-1-6(2-4-7)8(11)5-10/h1-4H,5H2. The number of hydrogen-bond donors (Lipinski definition) is 0. The summed E-state index contributed by atoms with van der Waals surface area (Å²) in [4.78, 5) is 11.1. The van der Waals surface area contributed by atoms with Crippen LogP contribution in [-0.4, -0.2) is 10.2 Å². The minimum absolute atomic E-state index is 0.141. The van der Waals surface area contributed by atoms with Gasteiger partial charge in [0.25, 0.3) is 0 Å². The van der Waals surface area contributed by atoms with Crippen LogP contribution in [0.15, 0.2) is 24.3 Å². The Hall–Kier alpha value is -0.0900. The molecule has 1 rings (SSSR count). The van der Waals surface area contributed by atoms with E-state index in [-0.39, 0.29) is 5.78 Å². The zero-order valence-electron chi connectivity index (χ0n) is 5.68. The molecule has 0 unspecified atom stereocenters. The second kappa shape index (κ2) is 4.07. The monoisotopic (exact) mass is 280 g/mol. The van der Waals surface area contributed by atoms with Gasteiger partial charge in [-0.2, -0.15) is 0 Å². The van der Waals surface area contributed by atoms with E-state index in [0.717, 1.165) is 5.56 Å². The van der Waals surface area contributed by atoms with Crippen molar-refractivity contribution in [2.75, 3.05) is 4.43 Å². The van der Waals surface area contributed by atoms with Gasteiger partial charge in [0.1, 0.15) is 0 Å². The molecule has 0 amide bonds. The lowest BCUT2D eigenvalue weighted by Gasteiger charge is -1.95. The predicted octanol–water partition coefficient (Wildman–Crippen LogP) is 2.96. The Kier molecular flexibility index (Phi) is 3.33. The van der Waals surface area contributed by atoms with E-state index in [2.05, 4.69) is 0 Å². The van der Waals surface area contributed by atoms with Gasteiger partial charge in [-0.05, 0) is 24.3 Å². The summed E-state index contributed by atoms with van der Waals surface area (Å²) < 4.78 is 0.513. The van der Waals surface area contributed by atoms with Crippen molar-refractivity contribution in [3.05, 3.63) is 34.9 Å². The Morgan fingerprint density at radius 3 is 2.36 bits per heavy atom. The molecule has 0 aromatic heterocycles. The first-order valence-electron chi connectivity index (χ1n) is 3.09. The number of rotatable bonds is 2. The van der Waals surface area contributed by atoms with Crippen LogP contribution in [0.25, 0.3) is 0 Å². The number of ketones is 1. The third-order valence-corrected chi connectivity index (χ3v) is 2.23. The quantitative estimate of drug-likeness (QED) is 0.462. The molecule has 0 radical (unpaired) electrons. The van der Waals surface area contributed by atoms with Crippen molar-refractivity contribution in [3.63, 3.8) is 0 Å². The predicted molar refractivity (Wildman–Crippen MR) is 54.7 cm³/mol. The number of benzene rings is 1. The van der Waals surface area contributed by atoms with Gasteiger partial charge in [-0.15, -0.1) is 0 Å². The van der Waals surface area contributed by atoms with Gasteiger partial charge in [-0.3, -0.25) is 4.79 Å². The molecule has 0 bridgehead atoms. The van der Waals surface area contributed by atoms with E-state index in [1.165, 1.54) is 0 Å². The van der Waals surface area contributed by atoms with E-state index in [1.807, 2.05) is 22.6 Å². The van der Waals surface area contributed by atoms with Crippen molar-refractivity contribution in [1.82, 2.24) is 0 Å². The molecule has 3 heteroatoms. The molecule has 0 heterocycles. The van der Waals surface area contributed by atoms with Gasteiger partial charge in [0.15, 0.2) is 5.78 Å². The fourth-order valence-corrected chi connectivity index (χ4v) is 1.28. The molecule has 58 valence electrons. The molecule has 0 aliphatic carbocycles. The Bertz CT molecular complexity index is 255. The van der Waals surface area contributed by atoms with Crippen LogP contribution in [0.1, 0.15) is 10.4 Å². The molecule has 0 spiro atoms. The highest BCUT2D eigenvalue weighted by atomic mass is 127. The molecule has 0 aliphatic rings.